The third-order valence-electron chi connectivity index (χ3n) is 4.14. The predicted octanol–water partition coefficient (Wildman–Crippen LogP) is 1.68. The van der Waals surface area contributed by atoms with Crippen molar-refractivity contribution in [3.63, 3.8) is 0 Å². The predicted molar refractivity (Wildman–Crippen MR) is 80.1 cm³/mol. The lowest BCUT2D eigenvalue weighted by Gasteiger charge is -2.25. The maximum Gasteiger partial charge on any atom is 0.103 e. The molecule has 110 valence electrons. The minimum Gasteiger partial charge on any atom is -0.305 e. The van der Waals surface area contributed by atoms with E-state index in [4.69, 9.17) is 0 Å². The minimum atomic E-state index is -0.351. The monoisotopic (exact) mass is 266 g/mol. The van der Waals surface area contributed by atoms with Crippen LogP contribution in [0.1, 0.15) is 39.5 Å². The zero-order valence-electron chi connectivity index (χ0n) is 13.1. The molecule has 0 bridgehead atoms. The fourth-order valence-corrected chi connectivity index (χ4v) is 2.68. The highest BCUT2D eigenvalue weighted by Crippen LogP contribution is 2.16. The van der Waals surface area contributed by atoms with Crippen molar-refractivity contribution in [3.05, 3.63) is 0 Å². The van der Waals surface area contributed by atoms with Crippen molar-refractivity contribution in [2.24, 2.45) is 0 Å². The smallest absolute Gasteiger partial charge is 0.103 e. The molecule has 0 aromatic rings. The molecule has 2 unspecified atom stereocenters. The summed E-state index contributed by atoms with van der Waals surface area (Å²) in [7, 11) is 4.32. The van der Waals surface area contributed by atoms with Crippen LogP contribution < -0.4 is 5.32 Å². The average Bonchev–Trinajstić information content (AvgIpc) is 2.85. The molecule has 1 rings (SSSR count). The lowest BCUT2D eigenvalue weighted by atomic mass is 9.97. The summed E-state index contributed by atoms with van der Waals surface area (Å²) in [5.41, 5.74) is -0.351. The van der Waals surface area contributed by atoms with Crippen molar-refractivity contribution >= 4 is 0 Å². The van der Waals surface area contributed by atoms with Crippen molar-refractivity contribution in [1.29, 1.82) is 5.26 Å². The molecule has 0 aromatic carbocycles. The lowest BCUT2D eigenvalue weighted by Crippen LogP contribution is -2.42. The van der Waals surface area contributed by atoms with Gasteiger partial charge in [-0.1, -0.05) is 6.92 Å². The standard InChI is InChI=1S/C15H30N4/c1-5-9-17-15(2,13-16)8-6-10-19-11-7-14(12-19)18(3)4/h14,17H,5-12H2,1-4H3. The number of hydrogen-bond acceptors (Lipinski definition) is 4. The van der Waals surface area contributed by atoms with Crippen molar-refractivity contribution in [1.82, 2.24) is 15.1 Å². The van der Waals surface area contributed by atoms with Gasteiger partial charge >= 0.3 is 0 Å². The fraction of sp³-hybridized carbons (Fsp3) is 0.933. The average molecular weight is 266 g/mol. The molecule has 0 aliphatic carbocycles. The van der Waals surface area contributed by atoms with Crippen molar-refractivity contribution in [3.8, 4) is 6.07 Å². The van der Waals surface area contributed by atoms with Gasteiger partial charge in [0.25, 0.3) is 0 Å². The van der Waals surface area contributed by atoms with Crippen molar-refractivity contribution in [2.75, 3.05) is 40.3 Å². The molecule has 0 spiro atoms. The van der Waals surface area contributed by atoms with Crippen molar-refractivity contribution < 1.29 is 0 Å². The Balaban J connectivity index is 2.24. The Kier molecular flexibility index (Phi) is 6.78. The number of hydrogen-bond donors (Lipinski definition) is 1. The van der Waals surface area contributed by atoms with Crippen LogP contribution in [-0.2, 0) is 0 Å². The summed E-state index contributed by atoms with van der Waals surface area (Å²) in [5, 5.41) is 12.6. The number of likely N-dealkylation sites (N-methyl/N-ethyl adjacent to an activating group) is 1. The number of likely N-dealkylation sites (tertiary alicyclic amines) is 1. The van der Waals surface area contributed by atoms with E-state index in [9.17, 15) is 5.26 Å². The van der Waals surface area contributed by atoms with Crippen LogP contribution in [0, 0.1) is 11.3 Å². The molecular weight excluding hydrogens is 236 g/mol. The van der Waals surface area contributed by atoms with Crippen LogP contribution >= 0.6 is 0 Å². The van der Waals surface area contributed by atoms with Crippen LogP contribution in [0.15, 0.2) is 0 Å². The zero-order valence-corrected chi connectivity index (χ0v) is 13.1. The number of nitrogens with one attached hydrogen (secondary N) is 1. The quantitative estimate of drug-likeness (QED) is 0.726. The van der Waals surface area contributed by atoms with Gasteiger partial charge in [0.05, 0.1) is 6.07 Å². The molecule has 2 atom stereocenters. The number of rotatable bonds is 8. The van der Waals surface area contributed by atoms with Gasteiger partial charge in [-0.25, -0.2) is 0 Å². The van der Waals surface area contributed by atoms with Gasteiger partial charge in [0.15, 0.2) is 0 Å². The molecule has 4 heteroatoms. The Morgan fingerprint density at radius 1 is 1.47 bits per heavy atom. The van der Waals surface area contributed by atoms with E-state index in [1.165, 1.54) is 19.5 Å². The third-order valence-corrected chi connectivity index (χ3v) is 4.14. The van der Waals surface area contributed by atoms with Crippen LogP contribution in [0.5, 0.6) is 0 Å². The molecule has 0 amide bonds. The van der Waals surface area contributed by atoms with Crippen molar-refractivity contribution in [2.45, 2.75) is 51.1 Å². The SMILES string of the molecule is CCCNC(C)(C#N)CCCN1CCC(N(C)C)C1. The Morgan fingerprint density at radius 3 is 2.74 bits per heavy atom. The summed E-state index contributed by atoms with van der Waals surface area (Å²) >= 11 is 0. The molecule has 4 nitrogen and oxygen atoms in total. The highest BCUT2D eigenvalue weighted by Gasteiger charge is 2.25. The Morgan fingerprint density at radius 2 is 2.21 bits per heavy atom. The van der Waals surface area contributed by atoms with Crippen LogP contribution in [-0.4, -0.2) is 61.7 Å². The van der Waals surface area contributed by atoms with Gasteiger partial charge in [0.1, 0.15) is 5.54 Å². The highest BCUT2D eigenvalue weighted by atomic mass is 15.2. The van der Waals surface area contributed by atoms with Crippen LogP contribution in [0.2, 0.25) is 0 Å². The van der Waals surface area contributed by atoms with E-state index in [-0.39, 0.29) is 5.54 Å². The molecule has 1 heterocycles. The van der Waals surface area contributed by atoms with E-state index >= 15 is 0 Å². The van der Waals surface area contributed by atoms with Gasteiger partial charge in [-0.05, 0) is 66.3 Å². The van der Waals surface area contributed by atoms with Gasteiger partial charge in [-0.15, -0.1) is 0 Å². The summed E-state index contributed by atoms with van der Waals surface area (Å²) < 4.78 is 0. The maximum atomic E-state index is 9.29. The summed E-state index contributed by atoms with van der Waals surface area (Å²) in [5.74, 6) is 0. The summed E-state index contributed by atoms with van der Waals surface area (Å²) in [4.78, 5) is 4.85. The first-order valence-electron chi connectivity index (χ1n) is 7.56. The van der Waals surface area contributed by atoms with E-state index < -0.39 is 0 Å². The second kappa shape index (κ2) is 7.84. The van der Waals surface area contributed by atoms with Gasteiger partial charge in [0.2, 0.25) is 0 Å². The molecule has 1 aliphatic rings. The molecule has 19 heavy (non-hydrogen) atoms. The van der Waals surface area contributed by atoms with Gasteiger partial charge in [-0.2, -0.15) is 5.26 Å². The molecule has 0 saturated carbocycles. The summed E-state index contributed by atoms with van der Waals surface area (Å²) in [6.45, 7) is 8.59. The third kappa shape index (κ3) is 5.48. The van der Waals surface area contributed by atoms with E-state index in [2.05, 4.69) is 42.2 Å². The number of nitriles is 1. The molecule has 1 fully saturated rings. The first kappa shape index (κ1) is 16.4. The lowest BCUT2D eigenvalue weighted by molar-refractivity contribution is 0.260. The molecule has 1 aliphatic heterocycles. The molecule has 0 radical (unpaired) electrons. The second-order valence-electron chi connectivity index (χ2n) is 6.18. The second-order valence-corrected chi connectivity index (χ2v) is 6.18. The molecule has 1 N–H and O–H groups in total. The Bertz CT molecular complexity index is 297. The van der Waals surface area contributed by atoms with E-state index in [1.54, 1.807) is 0 Å². The largest absolute Gasteiger partial charge is 0.305 e. The van der Waals surface area contributed by atoms with E-state index in [0.29, 0.717) is 6.04 Å². The molecular formula is C15H30N4. The van der Waals surface area contributed by atoms with Gasteiger partial charge in [0, 0.05) is 12.6 Å². The van der Waals surface area contributed by atoms with Crippen LogP contribution in [0.4, 0.5) is 0 Å². The molecule has 1 saturated heterocycles. The highest BCUT2D eigenvalue weighted by molar-refractivity contribution is 5.03. The minimum absolute atomic E-state index is 0.351. The first-order valence-corrected chi connectivity index (χ1v) is 7.56. The van der Waals surface area contributed by atoms with E-state index in [0.717, 1.165) is 32.4 Å². The van der Waals surface area contributed by atoms with E-state index in [1.807, 2.05) is 6.92 Å². The Labute approximate surface area is 118 Å². The normalized spacial score (nSPS) is 23.5. The summed E-state index contributed by atoms with van der Waals surface area (Å²) in [6.07, 6.45) is 4.39. The number of nitrogens with zero attached hydrogens (tertiary/aromatic N) is 3. The van der Waals surface area contributed by atoms with Crippen LogP contribution in [0.3, 0.4) is 0 Å². The maximum absolute atomic E-state index is 9.29. The van der Waals surface area contributed by atoms with Crippen LogP contribution in [0.25, 0.3) is 0 Å². The van der Waals surface area contributed by atoms with Gasteiger partial charge in [-0.3, -0.25) is 5.32 Å². The molecule has 0 aromatic heterocycles. The first-order chi connectivity index (χ1) is 9.00. The Hall–Kier alpha value is -0.630. The summed E-state index contributed by atoms with van der Waals surface area (Å²) in [6, 6.07) is 3.14. The fourth-order valence-electron chi connectivity index (χ4n) is 2.68. The zero-order chi connectivity index (χ0) is 14.3. The van der Waals surface area contributed by atoms with Gasteiger partial charge < -0.3 is 9.80 Å². The topological polar surface area (TPSA) is 42.3 Å².